The maximum atomic E-state index is 12.8. The van der Waals surface area contributed by atoms with E-state index in [1.165, 1.54) is 0 Å². The van der Waals surface area contributed by atoms with Gasteiger partial charge in [-0.05, 0) is 48.3 Å². The SMILES string of the molecule is CC(C)(C)c1cc(C(=O)NCCN2CCCC(CO)C2)cc(C(C)(C)C)c1O. The molecule has 0 saturated carbocycles. The van der Waals surface area contributed by atoms with Gasteiger partial charge in [0.1, 0.15) is 5.75 Å². The maximum Gasteiger partial charge on any atom is 0.251 e. The molecular formula is C23H38N2O3. The molecule has 0 spiro atoms. The summed E-state index contributed by atoms with van der Waals surface area (Å²) in [6.45, 7) is 15.8. The topological polar surface area (TPSA) is 72.8 Å². The summed E-state index contributed by atoms with van der Waals surface area (Å²) in [4.78, 5) is 15.1. The van der Waals surface area contributed by atoms with E-state index in [0.29, 0.717) is 23.8 Å². The van der Waals surface area contributed by atoms with Crippen LogP contribution < -0.4 is 5.32 Å². The molecule has 1 fully saturated rings. The fourth-order valence-corrected chi connectivity index (χ4v) is 3.84. The van der Waals surface area contributed by atoms with Gasteiger partial charge in [0.2, 0.25) is 0 Å². The third kappa shape index (κ3) is 5.71. The normalized spacial score (nSPS) is 18.9. The molecule has 1 aliphatic heterocycles. The molecule has 0 bridgehead atoms. The Labute approximate surface area is 170 Å². The number of phenolic OH excluding ortho intramolecular Hbond substituents is 1. The van der Waals surface area contributed by atoms with Crippen LogP contribution in [0, 0.1) is 5.92 Å². The number of benzene rings is 1. The fourth-order valence-electron chi connectivity index (χ4n) is 3.84. The van der Waals surface area contributed by atoms with Crippen LogP contribution in [0.25, 0.3) is 0 Å². The van der Waals surface area contributed by atoms with Gasteiger partial charge < -0.3 is 20.4 Å². The number of hydrogen-bond acceptors (Lipinski definition) is 4. The number of aliphatic hydroxyl groups is 1. The number of phenols is 1. The first kappa shape index (κ1) is 22.7. The Hall–Kier alpha value is -1.59. The minimum Gasteiger partial charge on any atom is -0.507 e. The number of aliphatic hydroxyl groups excluding tert-OH is 1. The van der Waals surface area contributed by atoms with Crippen molar-refractivity contribution in [3.8, 4) is 5.75 Å². The summed E-state index contributed by atoms with van der Waals surface area (Å²) in [6.07, 6.45) is 2.18. The van der Waals surface area contributed by atoms with Gasteiger partial charge in [-0.25, -0.2) is 0 Å². The van der Waals surface area contributed by atoms with E-state index in [2.05, 4.69) is 10.2 Å². The maximum absolute atomic E-state index is 12.8. The molecule has 0 aliphatic carbocycles. The standard InChI is InChI=1S/C23H38N2O3/c1-22(2,3)18-12-17(13-19(20(18)27)23(4,5)6)21(28)24-9-11-25-10-7-8-16(14-25)15-26/h12-13,16,26-27H,7-11,14-15H2,1-6H3,(H,24,28). The van der Waals surface area contributed by atoms with Crippen LogP contribution in [0.5, 0.6) is 5.75 Å². The van der Waals surface area contributed by atoms with E-state index in [1.807, 2.05) is 53.7 Å². The molecule has 5 heteroatoms. The Morgan fingerprint density at radius 3 is 2.21 bits per heavy atom. The summed E-state index contributed by atoms with van der Waals surface area (Å²) in [6, 6.07) is 3.64. The summed E-state index contributed by atoms with van der Waals surface area (Å²) in [7, 11) is 0. The molecule has 0 aromatic heterocycles. The number of nitrogens with zero attached hydrogens (tertiary/aromatic N) is 1. The molecule has 1 amide bonds. The number of piperidine rings is 1. The van der Waals surface area contributed by atoms with Crippen molar-refractivity contribution in [2.24, 2.45) is 5.92 Å². The summed E-state index contributed by atoms with van der Waals surface area (Å²) >= 11 is 0. The van der Waals surface area contributed by atoms with E-state index >= 15 is 0 Å². The Morgan fingerprint density at radius 1 is 1.14 bits per heavy atom. The van der Waals surface area contributed by atoms with Crippen LogP contribution in [0.3, 0.4) is 0 Å². The highest BCUT2D eigenvalue weighted by atomic mass is 16.3. The highest BCUT2D eigenvalue weighted by Gasteiger charge is 2.28. The molecule has 3 N–H and O–H groups in total. The summed E-state index contributed by atoms with van der Waals surface area (Å²) in [5, 5.41) is 23.2. The lowest BCUT2D eigenvalue weighted by atomic mass is 9.78. The first-order valence-electron chi connectivity index (χ1n) is 10.4. The van der Waals surface area contributed by atoms with E-state index in [-0.39, 0.29) is 23.3 Å². The number of amides is 1. The van der Waals surface area contributed by atoms with Gasteiger partial charge in [-0.1, -0.05) is 41.5 Å². The van der Waals surface area contributed by atoms with E-state index in [1.54, 1.807) is 0 Å². The Bertz CT molecular complexity index is 651. The number of carbonyl (C=O) groups is 1. The van der Waals surface area contributed by atoms with Crippen molar-refractivity contribution >= 4 is 5.91 Å². The lowest BCUT2D eigenvalue weighted by Gasteiger charge is -2.31. The average molecular weight is 391 g/mol. The lowest BCUT2D eigenvalue weighted by molar-refractivity contribution is 0.0930. The highest BCUT2D eigenvalue weighted by Crippen LogP contribution is 2.39. The zero-order chi connectivity index (χ0) is 21.1. The molecule has 1 unspecified atom stereocenters. The van der Waals surface area contributed by atoms with Gasteiger partial charge >= 0.3 is 0 Å². The second kappa shape index (κ2) is 8.83. The molecule has 2 rings (SSSR count). The van der Waals surface area contributed by atoms with Crippen molar-refractivity contribution in [1.82, 2.24) is 10.2 Å². The largest absolute Gasteiger partial charge is 0.507 e. The number of carbonyl (C=O) groups excluding carboxylic acids is 1. The first-order valence-corrected chi connectivity index (χ1v) is 10.4. The number of rotatable bonds is 5. The van der Waals surface area contributed by atoms with E-state index in [4.69, 9.17) is 0 Å². The van der Waals surface area contributed by atoms with Crippen molar-refractivity contribution in [3.63, 3.8) is 0 Å². The molecule has 5 nitrogen and oxygen atoms in total. The number of hydrogen-bond donors (Lipinski definition) is 3. The molecule has 1 heterocycles. The van der Waals surface area contributed by atoms with Crippen LogP contribution in [-0.2, 0) is 10.8 Å². The summed E-state index contributed by atoms with van der Waals surface area (Å²) in [5.41, 5.74) is 1.68. The zero-order valence-electron chi connectivity index (χ0n) is 18.4. The monoisotopic (exact) mass is 390 g/mol. The number of aromatic hydroxyl groups is 1. The van der Waals surface area contributed by atoms with Crippen molar-refractivity contribution in [2.75, 3.05) is 32.8 Å². The quantitative estimate of drug-likeness (QED) is 0.720. The van der Waals surface area contributed by atoms with Gasteiger partial charge in [-0.3, -0.25) is 4.79 Å². The van der Waals surface area contributed by atoms with Crippen molar-refractivity contribution in [2.45, 2.75) is 65.2 Å². The van der Waals surface area contributed by atoms with Crippen LogP contribution >= 0.6 is 0 Å². The second-order valence-corrected chi connectivity index (χ2v) is 10.2. The molecule has 28 heavy (non-hydrogen) atoms. The molecule has 1 aliphatic rings. The van der Waals surface area contributed by atoms with Crippen LogP contribution in [-0.4, -0.2) is 53.8 Å². The van der Waals surface area contributed by atoms with Crippen molar-refractivity contribution in [1.29, 1.82) is 0 Å². The molecule has 158 valence electrons. The van der Waals surface area contributed by atoms with E-state index in [0.717, 1.165) is 43.6 Å². The summed E-state index contributed by atoms with van der Waals surface area (Å²) < 4.78 is 0. The Kier molecular flexibility index (Phi) is 7.16. The second-order valence-electron chi connectivity index (χ2n) is 10.2. The molecule has 1 atom stereocenters. The van der Waals surface area contributed by atoms with Crippen LogP contribution in [0.2, 0.25) is 0 Å². The molecule has 1 saturated heterocycles. The van der Waals surface area contributed by atoms with Gasteiger partial charge in [-0.2, -0.15) is 0 Å². The van der Waals surface area contributed by atoms with E-state index in [9.17, 15) is 15.0 Å². The highest BCUT2D eigenvalue weighted by molar-refractivity contribution is 5.95. The average Bonchev–Trinajstić information content (AvgIpc) is 2.60. The van der Waals surface area contributed by atoms with Crippen molar-refractivity contribution < 1.29 is 15.0 Å². The van der Waals surface area contributed by atoms with E-state index < -0.39 is 0 Å². The fraction of sp³-hybridized carbons (Fsp3) is 0.696. The predicted octanol–water partition coefficient (Wildman–Crippen LogP) is 3.42. The zero-order valence-corrected chi connectivity index (χ0v) is 18.4. The van der Waals surface area contributed by atoms with Gasteiger partial charge in [0, 0.05) is 42.9 Å². The van der Waals surface area contributed by atoms with Gasteiger partial charge in [0.25, 0.3) is 5.91 Å². The van der Waals surface area contributed by atoms with Crippen LogP contribution in [0.4, 0.5) is 0 Å². The first-order chi connectivity index (χ1) is 12.9. The third-order valence-corrected chi connectivity index (χ3v) is 5.56. The minimum atomic E-state index is -0.256. The third-order valence-electron chi connectivity index (χ3n) is 5.56. The molecular weight excluding hydrogens is 352 g/mol. The smallest absolute Gasteiger partial charge is 0.251 e. The molecule has 1 aromatic carbocycles. The van der Waals surface area contributed by atoms with Crippen LogP contribution in [0.15, 0.2) is 12.1 Å². The molecule has 0 radical (unpaired) electrons. The van der Waals surface area contributed by atoms with Crippen molar-refractivity contribution in [3.05, 3.63) is 28.8 Å². The van der Waals surface area contributed by atoms with Gasteiger partial charge in [-0.15, -0.1) is 0 Å². The molecule has 1 aromatic rings. The number of nitrogens with one attached hydrogen (secondary N) is 1. The van der Waals surface area contributed by atoms with Crippen LogP contribution in [0.1, 0.15) is 75.9 Å². The Balaban J connectivity index is 2.12. The lowest BCUT2D eigenvalue weighted by Crippen LogP contribution is -2.41. The number of likely N-dealkylation sites (tertiary alicyclic amines) is 1. The Morgan fingerprint density at radius 2 is 1.71 bits per heavy atom. The predicted molar refractivity (Wildman–Crippen MR) is 114 cm³/mol. The summed E-state index contributed by atoms with van der Waals surface area (Å²) in [5.74, 6) is 0.539. The van der Waals surface area contributed by atoms with Gasteiger partial charge in [0.05, 0.1) is 0 Å². The van der Waals surface area contributed by atoms with Gasteiger partial charge in [0.15, 0.2) is 0 Å². The minimum absolute atomic E-state index is 0.105.